The summed E-state index contributed by atoms with van der Waals surface area (Å²) in [6.45, 7) is 5.32. The predicted molar refractivity (Wildman–Crippen MR) is 84.6 cm³/mol. The van der Waals surface area contributed by atoms with Crippen LogP contribution >= 0.6 is 0 Å². The fraction of sp³-hybridized carbons (Fsp3) is 0.706. The Hall–Kier alpha value is -1.13. The van der Waals surface area contributed by atoms with E-state index in [1.807, 2.05) is 13.0 Å². The van der Waals surface area contributed by atoms with Gasteiger partial charge >= 0.3 is 0 Å². The van der Waals surface area contributed by atoms with Crippen molar-refractivity contribution < 1.29 is 4.74 Å². The summed E-state index contributed by atoms with van der Waals surface area (Å²) in [6, 6.07) is 5.50. The molecule has 0 spiro atoms. The third-order valence-corrected chi connectivity index (χ3v) is 4.51. The minimum atomic E-state index is 0.658. The highest BCUT2D eigenvalue weighted by Crippen LogP contribution is 2.29. The van der Waals surface area contributed by atoms with Gasteiger partial charge in [0.05, 0.1) is 12.8 Å². The number of nitrogens with one attached hydrogen (secondary N) is 1. The van der Waals surface area contributed by atoms with Gasteiger partial charge < -0.3 is 10.1 Å². The summed E-state index contributed by atoms with van der Waals surface area (Å²) in [5.74, 6) is 0.920. The predicted octanol–water partition coefficient (Wildman–Crippen LogP) is 2.51. The van der Waals surface area contributed by atoms with Crippen molar-refractivity contribution in [1.82, 2.24) is 15.2 Å². The zero-order valence-electron chi connectivity index (χ0n) is 13.3. The molecule has 1 aliphatic carbocycles. The standard InChI is InChI=1S/C17H27N3O/c1-13-9-17(21-2)10-15(19-13)12-20(16-6-7-16)11-14-5-3-4-8-18-14/h9-10,14,16,18H,3-8,11-12H2,1-2H3. The van der Waals surface area contributed by atoms with Crippen molar-refractivity contribution in [3.05, 3.63) is 23.5 Å². The molecule has 2 heterocycles. The summed E-state index contributed by atoms with van der Waals surface area (Å²) in [5.41, 5.74) is 2.17. The first-order chi connectivity index (χ1) is 10.2. The van der Waals surface area contributed by atoms with Gasteiger partial charge in [-0.25, -0.2) is 0 Å². The average molecular weight is 289 g/mol. The average Bonchev–Trinajstić information content (AvgIpc) is 3.31. The van der Waals surface area contributed by atoms with Gasteiger partial charge in [-0.15, -0.1) is 0 Å². The highest BCUT2D eigenvalue weighted by Gasteiger charge is 2.31. The monoisotopic (exact) mass is 289 g/mol. The zero-order chi connectivity index (χ0) is 14.7. The minimum absolute atomic E-state index is 0.658. The van der Waals surface area contributed by atoms with Crippen LogP contribution in [-0.4, -0.2) is 42.2 Å². The number of ether oxygens (including phenoxy) is 1. The molecule has 2 fully saturated rings. The van der Waals surface area contributed by atoms with Crippen LogP contribution in [0.25, 0.3) is 0 Å². The van der Waals surface area contributed by atoms with E-state index in [9.17, 15) is 0 Å². The number of piperidine rings is 1. The van der Waals surface area contributed by atoms with E-state index in [4.69, 9.17) is 4.74 Å². The SMILES string of the molecule is COc1cc(C)nc(CN(CC2CCCCN2)C2CC2)c1. The van der Waals surface area contributed by atoms with E-state index in [2.05, 4.69) is 21.3 Å². The smallest absolute Gasteiger partial charge is 0.122 e. The summed E-state index contributed by atoms with van der Waals surface area (Å²) >= 11 is 0. The number of aryl methyl sites for hydroxylation is 1. The Kier molecular flexibility index (Phi) is 4.76. The Bertz CT molecular complexity index is 467. The van der Waals surface area contributed by atoms with Crippen LogP contribution in [0.3, 0.4) is 0 Å². The van der Waals surface area contributed by atoms with Crippen LogP contribution in [0.5, 0.6) is 5.75 Å². The largest absolute Gasteiger partial charge is 0.497 e. The molecule has 4 heteroatoms. The third kappa shape index (κ3) is 4.17. The van der Waals surface area contributed by atoms with E-state index in [0.29, 0.717) is 6.04 Å². The van der Waals surface area contributed by atoms with Gasteiger partial charge in [-0.2, -0.15) is 0 Å². The Morgan fingerprint density at radius 2 is 2.14 bits per heavy atom. The van der Waals surface area contributed by atoms with Crippen molar-refractivity contribution in [3.63, 3.8) is 0 Å². The van der Waals surface area contributed by atoms with E-state index in [0.717, 1.165) is 36.3 Å². The van der Waals surface area contributed by atoms with Crippen LogP contribution in [0.1, 0.15) is 43.5 Å². The molecule has 116 valence electrons. The van der Waals surface area contributed by atoms with E-state index in [1.54, 1.807) is 7.11 Å². The van der Waals surface area contributed by atoms with Crippen molar-refractivity contribution in [2.75, 3.05) is 20.2 Å². The van der Waals surface area contributed by atoms with Crippen LogP contribution in [0.15, 0.2) is 12.1 Å². The van der Waals surface area contributed by atoms with Gasteiger partial charge in [0.1, 0.15) is 5.75 Å². The summed E-state index contributed by atoms with van der Waals surface area (Å²) < 4.78 is 5.37. The Morgan fingerprint density at radius 1 is 1.29 bits per heavy atom. The lowest BCUT2D eigenvalue weighted by molar-refractivity contribution is 0.206. The van der Waals surface area contributed by atoms with Gasteiger partial charge in [0.25, 0.3) is 0 Å². The molecule has 1 aliphatic heterocycles. The minimum Gasteiger partial charge on any atom is -0.497 e. The normalized spacial score (nSPS) is 22.5. The highest BCUT2D eigenvalue weighted by molar-refractivity contribution is 5.26. The van der Waals surface area contributed by atoms with Gasteiger partial charge in [0, 0.05) is 43.0 Å². The van der Waals surface area contributed by atoms with Gasteiger partial charge in [-0.1, -0.05) is 6.42 Å². The lowest BCUT2D eigenvalue weighted by Crippen LogP contribution is -2.44. The van der Waals surface area contributed by atoms with Crippen molar-refractivity contribution in [1.29, 1.82) is 0 Å². The molecule has 1 unspecified atom stereocenters. The first kappa shape index (κ1) is 14.8. The van der Waals surface area contributed by atoms with Crippen LogP contribution in [-0.2, 0) is 6.54 Å². The quantitative estimate of drug-likeness (QED) is 0.873. The maximum absolute atomic E-state index is 5.37. The molecule has 1 aromatic heterocycles. The maximum Gasteiger partial charge on any atom is 0.122 e. The zero-order valence-corrected chi connectivity index (χ0v) is 13.3. The second-order valence-corrected chi connectivity index (χ2v) is 6.45. The third-order valence-electron chi connectivity index (χ3n) is 4.51. The fourth-order valence-corrected chi connectivity index (χ4v) is 3.26. The summed E-state index contributed by atoms with van der Waals surface area (Å²) in [5, 5.41) is 3.67. The number of pyridine rings is 1. The lowest BCUT2D eigenvalue weighted by atomic mass is 10.0. The number of methoxy groups -OCH3 is 1. The number of aromatic nitrogens is 1. The molecule has 1 saturated heterocycles. The van der Waals surface area contributed by atoms with Gasteiger partial charge in [-0.05, 0) is 39.2 Å². The Morgan fingerprint density at radius 3 is 2.81 bits per heavy atom. The van der Waals surface area contributed by atoms with Crippen molar-refractivity contribution >= 4 is 0 Å². The second kappa shape index (κ2) is 6.75. The molecular formula is C17H27N3O. The molecule has 4 nitrogen and oxygen atoms in total. The molecule has 0 bridgehead atoms. The van der Waals surface area contributed by atoms with E-state index < -0.39 is 0 Å². The Labute approximate surface area is 127 Å². The molecule has 1 aromatic rings. The first-order valence-corrected chi connectivity index (χ1v) is 8.23. The summed E-state index contributed by atoms with van der Waals surface area (Å²) in [6.07, 6.45) is 6.70. The van der Waals surface area contributed by atoms with Gasteiger partial charge in [0.15, 0.2) is 0 Å². The molecule has 0 aromatic carbocycles. The van der Waals surface area contributed by atoms with Crippen LogP contribution in [0.4, 0.5) is 0 Å². The van der Waals surface area contributed by atoms with Gasteiger partial charge in [0.2, 0.25) is 0 Å². The number of nitrogens with zero attached hydrogens (tertiary/aromatic N) is 2. The highest BCUT2D eigenvalue weighted by atomic mass is 16.5. The topological polar surface area (TPSA) is 37.4 Å². The van der Waals surface area contributed by atoms with E-state index in [1.165, 1.54) is 38.6 Å². The van der Waals surface area contributed by atoms with Crippen molar-refractivity contribution in [2.24, 2.45) is 0 Å². The molecule has 2 aliphatic rings. The number of hydrogen-bond acceptors (Lipinski definition) is 4. The van der Waals surface area contributed by atoms with Crippen molar-refractivity contribution in [3.8, 4) is 5.75 Å². The molecule has 1 atom stereocenters. The molecule has 0 radical (unpaired) electrons. The molecule has 1 N–H and O–H groups in total. The van der Waals surface area contributed by atoms with E-state index >= 15 is 0 Å². The van der Waals surface area contributed by atoms with Crippen molar-refractivity contribution in [2.45, 2.75) is 57.7 Å². The van der Waals surface area contributed by atoms with E-state index in [-0.39, 0.29) is 0 Å². The molecule has 0 amide bonds. The van der Waals surface area contributed by atoms with Crippen LogP contribution in [0.2, 0.25) is 0 Å². The van der Waals surface area contributed by atoms with Crippen LogP contribution < -0.4 is 10.1 Å². The lowest BCUT2D eigenvalue weighted by Gasteiger charge is -2.30. The molecular weight excluding hydrogens is 262 g/mol. The van der Waals surface area contributed by atoms with Crippen LogP contribution in [0, 0.1) is 6.92 Å². The number of hydrogen-bond donors (Lipinski definition) is 1. The summed E-state index contributed by atoms with van der Waals surface area (Å²) in [4.78, 5) is 7.30. The fourth-order valence-electron chi connectivity index (χ4n) is 3.26. The Balaban J connectivity index is 1.65. The molecule has 3 rings (SSSR count). The number of rotatable bonds is 6. The summed E-state index contributed by atoms with van der Waals surface area (Å²) in [7, 11) is 1.73. The first-order valence-electron chi connectivity index (χ1n) is 8.23. The second-order valence-electron chi connectivity index (χ2n) is 6.45. The molecule has 1 saturated carbocycles. The van der Waals surface area contributed by atoms with Gasteiger partial charge in [-0.3, -0.25) is 9.88 Å². The maximum atomic E-state index is 5.37. The molecule has 21 heavy (non-hydrogen) atoms.